The van der Waals surface area contributed by atoms with Gasteiger partial charge >= 0.3 is 6.18 Å². The van der Waals surface area contributed by atoms with Crippen LogP contribution in [0.5, 0.6) is 0 Å². The Morgan fingerprint density at radius 1 is 1.24 bits per heavy atom. The highest BCUT2D eigenvalue weighted by molar-refractivity contribution is 5.57. The van der Waals surface area contributed by atoms with Gasteiger partial charge in [0.15, 0.2) is 0 Å². The summed E-state index contributed by atoms with van der Waals surface area (Å²) in [6.07, 6.45) is -2.16. The number of nitrogens with zero attached hydrogens (tertiary/aromatic N) is 5. The van der Waals surface area contributed by atoms with Gasteiger partial charge in [0, 0.05) is 25.0 Å². The van der Waals surface area contributed by atoms with Crippen LogP contribution in [0.4, 0.5) is 13.2 Å². The molecule has 0 aliphatic carbocycles. The van der Waals surface area contributed by atoms with Crippen LogP contribution in [0.2, 0.25) is 0 Å². The minimum absolute atomic E-state index is 0.0233. The van der Waals surface area contributed by atoms with E-state index in [0.29, 0.717) is 19.0 Å². The third-order valence-corrected chi connectivity index (χ3v) is 3.86. The molecule has 152 valence electrons. The van der Waals surface area contributed by atoms with Crippen LogP contribution >= 0.6 is 0 Å². The maximum Gasteiger partial charge on any atom is 0.417 e. The molecule has 0 saturated carbocycles. The van der Waals surface area contributed by atoms with Gasteiger partial charge in [-0.2, -0.15) is 18.3 Å². The summed E-state index contributed by atoms with van der Waals surface area (Å²) in [6, 6.07) is 2.48. The smallest absolute Gasteiger partial charge is 0.414 e. The Balaban J connectivity index is 1.94. The number of hydrogen-bond acceptors (Lipinski definition) is 8. The molecule has 0 bridgehead atoms. The first kappa shape index (κ1) is 20.3. The summed E-state index contributed by atoms with van der Waals surface area (Å²) in [5.74, 6) is -0.322. The van der Waals surface area contributed by atoms with Crippen LogP contribution in [0.1, 0.15) is 18.5 Å². The molecule has 0 amide bonds. The van der Waals surface area contributed by atoms with Gasteiger partial charge in [-0.25, -0.2) is 4.68 Å². The quantitative estimate of drug-likeness (QED) is 0.588. The number of alkyl halides is 3. The Kier molecular flexibility index (Phi) is 5.82. The summed E-state index contributed by atoms with van der Waals surface area (Å²) in [5, 5.41) is 14.5. The molecule has 3 rings (SSSR count). The fraction of sp³-hybridized carbons (Fsp3) is 0.294. The number of aromatic nitrogens is 5. The minimum Gasteiger partial charge on any atom is -0.414 e. The zero-order chi connectivity index (χ0) is 21.0. The van der Waals surface area contributed by atoms with E-state index in [1.165, 1.54) is 12.1 Å². The van der Waals surface area contributed by atoms with E-state index in [0.717, 1.165) is 16.9 Å². The number of rotatable bonds is 7. The molecule has 0 aliphatic heterocycles. The number of pyridine rings is 1. The lowest BCUT2D eigenvalue weighted by Gasteiger charge is -2.13. The van der Waals surface area contributed by atoms with Crippen molar-refractivity contribution < 1.29 is 22.4 Å². The van der Waals surface area contributed by atoms with E-state index in [2.05, 4.69) is 25.6 Å². The van der Waals surface area contributed by atoms with E-state index in [1.54, 1.807) is 0 Å². The van der Waals surface area contributed by atoms with Crippen molar-refractivity contribution in [2.45, 2.75) is 19.1 Å². The predicted octanol–water partition coefficient (Wildman–Crippen LogP) is 1.72. The molecular weight excluding hydrogens is 393 g/mol. The van der Waals surface area contributed by atoms with E-state index < -0.39 is 23.3 Å². The third kappa shape index (κ3) is 4.54. The van der Waals surface area contributed by atoms with Crippen molar-refractivity contribution in [1.82, 2.24) is 30.3 Å². The molecule has 1 atom stereocenters. The van der Waals surface area contributed by atoms with Gasteiger partial charge in [0.25, 0.3) is 11.4 Å². The van der Waals surface area contributed by atoms with Gasteiger partial charge in [-0.1, -0.05) is 6.92 Å². The Morgan fingerprint density at radius 3 is 2.69 bits per heavy atom. The molecule has 0 aromatic carbocycles. The lowest BCUT2D eigenvalue weighted by atomic mass is 10.2. The SMILES string of the molecule is CCNCC(C=O)n1nc(-c2nnc(-c3cncc(C(F)(F)F)c3)o2)ccc1=O. The topological polar surface area (TPSA) is 116 Å². The highest BCUT2D eigenvalue weighted by atomic mass is 19.4. The zero-order valence-electron chi connectivity index (χ0n) is 15.1. The van der Waals surface area contributed by atoms with Crippen molar-refractivity contribution in [2.75, 3.05) is 13.1 Å². The van der Waals surface area contributed by atoms with Gasteiger partial charge in [0.1, 0.15) is 18.0 Å². The first-order valence-corrected chi connectivity index (χ1v) is 8.46. The van der Waals surface area contributed by atoms with Crippen molar-refractivity contribution in [2.24, 2.45) is 0 Å². The van der Waals surface area contributed by atoms with Crippen molar-refractivity contribution in [3.8, 4) is 23.0 Å². The molecule has 3 aromatic heterocycles. The number of halogens is 3. The minimum atomic E-state index is -4.57. The summed E-state index contributed by atoms with van der Waals surface area (Å²) >= 11 is 0. The molecule has 29 heavy (non-hydrogen) atoms. The first-order chi connectivity index (χ1) is 13.8. The summed E-state index contributed by atoms with van der Waals surface area (Å²) in [4.78, 5) is 26.9. The van der Waals surface area contributed by atoms with E-state index >= 15 is 0 Å². The molecule has 0 fully saturated rings. The largest absolute Gasteiger partial charge is 0.417 e. The second-order valence-electron chi connectivity index (χ2n) is 5.88. The number of carbonyl (C=O) groups is 1. The van der Waals surface area contributed by atoms with Gasteiger partial charge in [-0.3, -0.25) is 9.78 Å². The van der Waals surface area contributed by atoms with Gasteiger partial charge in [-0.05, 0) is 18.7 Å². The Morgan fingerprint density at radius 2 is 2.00 bits per heavy atom. The van der Waals surface area contributed by atoms with Crippen LogP contribution < -0.4 is 10.9 Å². The number of aldehydes is 1. The average Bonchev–Trinajstić information content (AvgIpc) is 3.19. The van der Waals surface area contributed by atoms with Gasteiger partial charge in [0.2, 0.25) is 5.89 Å². The highest BCUT2D eigenvalue weighted by Crippen LogP contribution is 2.31. The number of nitrogens with one attached hydrogen (secondary N) is 1. The summed E-state index contributed by atoms with van der Waals surface area (Å²) < 4.78 is 44.9. The summed E-state index contributed by atoms with van der Waals surface area (Å²) in [7, 11) is 0. The van der Waals surface area contributed by atoms with Gasteiger partial charge < -0.3 is 14.5 Å². The van der Waals surface area contributed by atoms with Crippen LogP contribution in [0.15, 0.2) is 39.8 Å². The lowest BCUT2D eigenvalue weighted by molar-refractivity contribution is -0.137. The maximum atomic E-state index is 12.9. The molecule has 1 unspecified atom stereocenters. The Labute approximate surface area is 161 Å². The molecule has 0 radical (unpaired) electrons. The van der Waals surface area contributed by atoms with Crippen molar-refractivity contribution in [1.29, 1.82) is 0 Å². The van der Waals surface area contributed by atoms with Crippen LogP contribution in [-0.4, -0.2) is 44.3 Å². The zero-order valence-corrected chi connectivity index (χ0v) is 15.1. The van der Waals surface area contributed by atoms with E-state index in [-0.39, 0.29) is 29.6 Å². The first-order valence-electron chi connectivity index (χ1n) is 8.46. The predicted molar refractivity (Wildman–Crippen MR) is 93.7 cm³/mol. The van der Waals surface area contributed by atoms with Crippen molar-refractivity contribution in [3.63, 3.8) is 0 Å². The molecule has 0 aliphatic rings. The molecule has 12 heteroatoms. The Bertz CT molecular complexity index is 1060. The van der Waals surface area contributed by atoms with Gasteiger partial charge in [-0.15, -0.1) is 10.2 Å². The number of likely N-dealkylation sites (N-methyl/N-ethyl adjacent to an activating group) is 1. The fourth-order valence-corrected chi connectivity index (χ4v) is 2.42. The highest BCUT2D eigenvalue weighted by Gasteiger charge is 2.31. The normalized spacial score (nSPS) is 12.7. The van der Waals surface area contributed by atoms with Crippen LogP contribution in [-0.2, 0) is 11.0 Å². The molecule has 0 saturated heterocycles. The van der Waals surface area contributed by atoms with Crippen LogP contribution in [0.3, 0.4) is 0 Å². The second kappa shape index (κ2) is 8.31. The van der Waals surface area contributed by atoms with Crippen molar-refractivity contribution in [3.05, 3.63) is 46.5 Å². The third-order valence-electron chi connectivity index (χ3n) is 3.86. The van der Waals surface area contributed by atoms with E-state index in [1.807, 2.05) is 6.92 Å². The second-order valence-corrected chi connectivity index (χ2v) is 5.88. The molecule has 3 aromatic rings. The van der Waals surface area contributed by atoms with E-state index in [9.17, 15) is 22.8 Å². The molecule has 3 heterocycles. The van der Waals surface area contributed by atoms with Crippen LogP contribution in [0, 0.1) is 0 Å². The summed E-state index contributed by atoms with van der Waals surface area (Å²) in [6.45, 7) is 2.63. The summed E-state index contributed by atoms with van der Waals surface area (Å²) in [5.41, 5.74) is -1.40. The standard InChI is InChI=1S/C17H15F3N6O3/c1-2-21-8-12(9-27)26-14(28)4-3-13(25-26)16-24-23-15(29-16)10-5-11(7-22-6-10)17(18,19)20/h3-7,9,12,21H,2,8H2,1H3. The molecule has 9 nitrogen and oxygen atoms in total. The Hall–Kier alpha value is -3.41. The number of carbonyl (C=O) groups excluding carboxylic acids is 1. The molecule has 0 spiro atoms. The lowest BCUT2D eigenvalue weighted by Crippen LogP contribution is -2.34. The molecular formula is C17H15F3N6O3. The molecule has 1 N–H and O–H groups in total. The monoisotopic (exact) mass is 408 g/mol. The van der Waals surface area contributed by atoms with Crippen LogP contribution in [0.25, 0.3) is 23.0 Å². The maximum absolute atomic E-state index is 12.9. The average molecular weight is 408 g/mol. The fourth-order valence-electron chi connectivity index (χ4n) is 2.42. The van der Waals surface area contributed by atoms with Crippen molar-refractivity contribution >= 4 is 6.29 Å². The number of hydrogen-bond donors (Lipinski definition) is 1. The van der Waals surface area contributed by atoms with Gasteiger partial charge in [0.05, 0.1) is 11.1 Å². The van der Waals surface area contributed by atoms with E-state index in [4.69, 9.17) is 4.42 Å².